The van der Waals surface area contributed by atoms with Gasteiger partial charge in [-0.05, 0) is 87.9 Å². The number of hydrogen-bond acceptors (Lipinski definition) is 5. The summed E-state index contributed by atoms with van der Waals surface area (Å²) in [5, 5.41) is 21.0. The number of piperidine rings is 1. The number of unbranched alkanes of at least 4 members (excludes halogenated alkanes) is 1. The van der Waals surface area contributed by atoms with Gasteiger partial charge in [0.15, 0.2) is 5.78 Å². The topological polar surface area (TPSA) is 64.0 Å². The van der Waals surface area contributed by atoms with Gasteiger partial charge in [-0.3, -0.25) is 4.79 Å². The molecule has 0 aromatic heterocycles. The predicted octanol–water partition coefficient (Wildman–Crippen LogP) is 5.57. The summed E-state index contributed by atoms with van der Waals surface area (Å²) in [6.45, 7) is 4.77. The molecule has 37 heavy (non-hydrogen) atoms. The molecule has 5 nitrogen and oxygen atoms in total. The molecule has 0 unspecified atom stereocenters. The van der Waals surface area contributed by atoms with Gasteiger partial charge in [0.05, 0.1) is 0 Å². The molecule has 0 aliphatic carbocycles. The summed E-state index contributed by atoms with van der Waals surface area (Å²) in [5.74, 6) is -1.18. The van der Waals surface area contributed by atoms with Crippen LogP contribution in [0.3, 0.4) is 0 Å². The molecule has 0 saturated carbocycles. The Hall–Kier alpha value is -3.22. The molecule has 2 N–H and O–H groups in total. The highest BCUT2D eigenvalue weighted by molar-refractivity contribution is 5.99. The molecule has 1 fully saturated rings. The van der Waals surface area contributed by atoms with Gasteiger partial charge in [-0.1, -0.05) is 42.5 Å². The third-order valence-electron chi connectivity index (χ3n) is 7.58. The second-order valence-electron chi connectivity index (χ2n) is 10.4. The van der Waals surface area contributed by atoms with E-state index >= 15 is 0 Å². The zero-order chi connectivity index (χ0) is 26.5. The van der Waals surface area contributed by atoms with Crippen LogP contribution in [-0.4, -0.2) is 66.1 Å². The van der Waals surface area contributed by atoms with Gasteiger partial charge in [0.1, 0.15) is 17.3 Å². The first-order chi connectivity index (χ1) is 17.8. The highest BCUT2D eigenvalue weighted by Crippen LogP contribution is 2.47. The fourth-order valence-corrected chi connectivity index (χ4v) is 5.72. The highest BCUT2D eigenvalue weighted by Gasteiger charge is 2.43. The molecule has 1 aliphatic heterocycles. The van der Waals surface area contributed by atoms with E-state index in [2.05, 4.69) is 23.9 Å². The van der Waals surface area contributed by atoms with E-state index in [0.29, 0.717) is 24.2 Å². The average molecular weight is 505 g/mol. The van der Waals surface area contributed by atoms with Crippen LogP contribution in [0.5, 0.6) is 11.5 Å². The summed E-state index contributed by atoms with van der Waals surface area (Å²) in [5.41, 5.74) is 2.53. The van der Waals surface area contributed by atoms with E-state index in [1.54, 1.807) is 43.3 Å². The number of likely N-dealkylation sites (tertiary alicyclic amines) is 1. The number of para-hydroxylation sites is 1. The first-order valence-corrected chi connectivity index (χ1v) is 13.0. The van der Waals surface area contributed by atoms with Crippen LogP contribution < -0.4 is 0 Å². The SMILES string of the molecule is Cc1c(F)cccc1[C@H]1[C@@H](C(=O)c2cccc(O)c2)CN(CCCCN(C)C)C[C@@H]1c1ccccc1O. The lowest BCUT2D eigenvalue weighted by atomic mass is 9.67. The van der Waals surface area contributed by atoms with Crippen molar-refractivity contribution in [3.8, 4) is 11.5 Å². The first kappa shape index (κ1) is 26.8. The van der Waals surface area contributed by atoms with Gasteiger partial charge in [-0.25, -0.2) is 4.39 Å². The van der Waals surface area contributed by atoms with Gasteiger partial charge in [0.25, 0.3) is 0 Å². The first-order valence-electron chi connectivity index (χ1n) is 13.0. The Balaban J connectivity index is 1.79. The predicted molar refractivity (Wildman–Crippen MR) is 145 cm³/mol. The lowest BCUT2D eigenvalue weighted by Crippen LogP contribution is -2.47. The normalized spacial score (nSPS) is 20.3. The van der Waals surface area contributed by atoms with Crippen molar-refractivity contribution in [3.05, 3.63) is 94.8 Å². The van der Waals surface area contributed by atoms with E-state index in [1.165, 1.54) is 12.1 Å². The van der Waals surface area contributed by atoms with Gasteiger partial charge in [0.2, 0.25) is 0 Å². The number of phenolic OH excluding ortho intramolecular Hbond substituents is 2. The number of aromatic hydroxyl groups is 2. The van der Waals surface area contributed by atoms with Crippen molar-refractivity contribution in [1.29, 1.82) is 0 Å². The van der Waals surface area contributed by atoms with E-state index in [9.17, 15) is 19.4 Å². The summed E-state index contributed by atoms with van der Waals surface area (Å²) in [6.07, 6.45) is 2.03. The smallest absolute Gasteiger partial charge is 0.167 e. The minimum atomic E-state index is -0.477. The number of hydrogen-bond donors (Lipinski definition) is 2. The van der Waals surface area contributed by atoms with Crippen LogP contribution in [0.2, 0.25) is 0 Å². The summed E-state index contributed by atoms with van der Waals surface area (Å²) in [4.78, 5) is 18.5. The van der Waals surface area contributed by atoms with Crippen molar-refractivity contribution >= 4 is 5.78 Å². The minimum Gasteiger partial charge on any atom is -0.508 e. The molecule has 3 aromatic rings. The van der Waals surface area contributed by atoms with E-state index in [-0.39, 0.29) is 34.9 Å². The van der Waals surface area contributed by atoms with Crippen LogP contribution in [0.4, 0.5) is 4.39 Å². The number of rotatable bonds is 9. The van der Waals surface area contributed by atoms with Crippen LogP contribution in [0.15, 0.2) is 66.7 Å². The number of Topliss-reactive ketones (excluding diaryl/α,β-unsaturated/α-hetero) is 1. The third kappa shape index (κ3) is 6.20. The number of nitrogens with zero attached hydrogens (tertiary/aromatic N) is 2. The fourth-order valence-electron chi connectivity index (χ4n) is 5.72. The number of carbonyl (C=O) groups is 1. The maximum Gasteiger partial charge on any atom is 0.167 e. The lowest BCUT2D eigenvalue weighted by Gasteiger charge is -2.44. The summed E-state index contributed by atoms with van der Waals surface area (Å²) in [6, 6.07) is 18.8. The zero-order valence-corrected chi connectivity index (χ0v) is 21.9. The van der Waals surface area contributed by atoms with Crippen molar-refractivity contribution in [1.82, 2.24) is 9.80 Å². The number of benzene rings is 3. The maximum atomic E-state index is 14.8. The van der Waals surface area contributed by atoms with Gasteiger partial charge < -0.3 is 20.0 Å². The Kier molecular flexibility index (Phi) is 8.62. The summed E-state index contributed by atoms with van der Waals surface area (Å²) in [7, 11) is 4.12. The molecule has 1 aliphatic rings. The molecule has 196 valence electrons. The van der Waals surface area contributed by atoms with Crippen LogP contribution in [0.25, 0.3) is 0 Å². The van der Waals surface area contributed by atoms with E-state index in [4.69, 9.17) is 0 Å². The fraction of sp³-hybridized carbons (Fsp3) is 0.387. The maximum absolute atomic E-state index is 14.8. The van der Waals surface area contributed by atoms with Gasteiger partial charge in [-0.15, -0.1) is 0 Å². The van der Waals surface area contributed by atoms with E-state index in [0.717, 1.165) is 37.1 Å². The zero-order valence-electron chi connectivity index (χ0n) is 21.9. The molecule has 0 bridgehead atoms. The molecule has 0 amide bonds. The van der Waals surface area contributed by atoms with Gasteiger partial charge in [0, 0.05) is 36.4 Å². The van der Waals surface area contributed by atoms with Crippen LogP contribution in [0, 0.1) is 18.7 Å². The second-order valence-corrected chi connectivity index (χ2v) is 10.4. The van der Waals surface area contributed by atoms with Gasteiger partial charge in [-0.2, -0.15) is 0 Å². The largest absolute Gasteiger partial charge is 0.508 e. The highest BCUT2D eigenvalue weighted by atomic mass is 19.1. The Morgan fingerprint density at radius 2 is 1.70 bits per heavy atom. The Morgan fingerprint density at radius 1 is 0.973 bits per heavy atom. The number of phenols is 2. The summed E-state index contributed by atoms with van der Waals surface area (Å²) >= 11 is 0. The second kappa shape index (κ2) is 11.9. The number of carbonyl (C=O) groups excluding carboxylic acids is 1. The Labute approximate surface area is 219 Å². The number of halogens is 1. The van der Waals surface area contributed by atoms with Crippen LogP contribution in [0.1, 0.15) is 51.7 Å². The molecule has 1 saturated heterocycles. The average Bonchev–Trinajstić information content (AvgIpc) is 2.88. The molecule has 6 heteroatoms. The Bertz CT molecular complexity index is 1230. The van der Waals surface area contributed by atoms with E-state index < -0.39 is 5.92 Å². The Morgan fingerprint density at radius 3 is 2.43 bits per heavy atom. The summed E-state index contributed by atoms with van der Waals surface area (Å²) < 4.78 is 14.8. The van der Waals surface area contributed by atoms with E-state index in [1.807, 2.05) is 18.2 Å². The van der Waals surface area contributed by atoms with Crippen molar-refractivity contribution in [2.45, 2.75) is 31.6 Å². The third-order valence-corrected chi connectivity index (χ3v) is 7.58. The molecular weight excluding hydrogens is 467 g/mol. The van der Waals surface area contributed by atoms with Crippen LogP contribution in [-0.2, 0) is 0 Å². The van der Waals surface area contributed by atoms with Crippen molar-refractivity contribution in [3.63, 3.8) is 0 Å². The van der Waals surface area contributed by atoms with Crippen molar-refractivity contribution < 1.29 is 19.4 Å². The van der Waals surface area contributed by atoms with Crippen LogP contribution >= 0.6 is 0 Å². The molecule has 3 atom stereocenters. The molecule has 4 rings (SSSR count). The molecule has 3 aromatic carbocycles. The van der Waals surface area contributed by atoms with Gasteiger partial charge >= 0.3 is 0 Å². The molecule has 0 radical (unpaired) electrons. The van der Waals surface area contributed by atoms with Crippen molar-refractivity contribution in [2.24, 2.45) is 5.92 Å². The van der Waals surface area contributed by atoms with Crippen molar-refractivity contribution in [2.75, 3.05) is 40.3 Å². The standard InChI is InChI=1S/C31H37FN2O3/c1-21-24(13-9-14-28(21)32)30-26(25-12-4-5-15-29(25)36)19-34(17-7-6-16-33(2)3)20-27(30)31(37)22-10-8-11-23(35)18-22/h4-5,8-15,18,26-27,30,35-36H,6-7,16-17,19-20H2,1-3H3/t26-,27+,30-/m1/s1. The minimum absolute atomic E-state index is 0.0398. The molecular formula is C31H37FN2O3. The number of ketones is 1. The molecule has 0 spiro atoms. The quantitative estimate of drug-likeness (QED) is 0.295. The monoisotopic (exact) mass is 504 g/mol. The lowest BCUT2D eigenvalue weighted by molar-refractivity contribution is 0.0733. The molecule has 1 heterocycles.